The molecule has 0 amide bonds. The lowest BCUT2D eigenvalue weighted by molar-refractivity contribution is 0.399. The quantitative estimate of drug-likeness (QED) is 0.376. The maximum atomic E-state index is 7.00. The van der Waals surface area contributed by atoms with E-state index in [0.29, 0.717) is 16.2 Å². The van der Waals surface area contributed by atoms with Gasteiger partial charge < -0.3 is 5.11 Å². The van der Waals surface area contributed by atoms with Crippen molar-refractivity contribution >= 4 is 0 Å². The fourth-order valence-corrected chi connectivity index (χ4v) is 2.81. The number of aliphatic hydroxyl groups is 1. The zero-order valence-electron chi connectivity index (χ0n) is 22.1. The SMILES string of the molecule is CC(C)(C)c1ccccc1.CC(C)(C)c1ccccc1.CC(C)(C)c1ccccc1.CO. The van der Waals surface area contributed by atoms with E-state index in [9.17, 15) is 0 Å². The van der Waals surface area contributed by atoms with Crippen molar-refractivity contribution in [3.05, 3.63) is 108 Å². The highest BCUT2D eigenvalue weighted by atomic mass is 16.2. The van der Waals surface area contributed by atoms with Gasteiger partial charge in [0, 0.05) is 7.11 Å². The second-order valence-corrected chi connectivity index (χ2v) is 10.8. The first-order chi connectivity index (χ1) is 14.8. The Morgan fingerprint density at radius 2 is 0.500 bits per heavy atom. The second-order valence-electron chi connectivity index (χ2n) is 10.8. The summed E-state index contributed by atoms with van der Waals surface area (Å²) in [6.45, 7) is 20.0. The molecule has 176 valence electrons. The van der Waals surface area contributed by atoms with Gasteiger partial charge in [-0.25, -0.2) is 0 Å². The molecule has 0 bridgehead atoms. The molecule has 0 aliphatic rings. The predicted octanol–water partition coefficient (Wildman–Crippen LogP) is 8.56. The van der Waals surface area contributed by atoms with Crippen molar-refractivity contribution in [3.63, 3.8) is 0 Å². The van der Waals surface area contributed by atoms with Crippen LogP contribution >= 0.6 is 0 Å². The molecule has 0 heterocycles. The van der Waals surface area contributed by atoms with Gasteiger partial charge in [-0.1, -0.05) is 153 Å². The zero-order chi connectivity index (χ0) is 24.8. The predicted molar refractivity (Wildman–Crippen MR) is 144 cm³/mol. The van der Waals surface area contributed by atoms with E-state index in [1.807, 2.05) is 0 Å². The first-order valence-corrected chi connectivity index (χ1v) is 11.4. The van der Waals surface area contributed by atoms with Crippen LogP contribution in [0.3, 0.4) is 0 Å². The smallest absolute Gasteiger partial charge is 0.0319 e. The average molecular weight is 435 g/mol. The first kappa shape index (κ1) is 29.6. The Balaban J connectivity index is 0.000000433. The van der Waals surface area contributed by atoms with Gasteiger partial charge in [0.15, 0.2) is 0 Å². The molecule has 32 heavy (non-hydrogen) atoms. The molecule has 0 atom stereocenters. The number of hydrogen-bond donors (Lipinski definition) is 1. The summed E-state index contributed by atoms with van der Waals surface area (Å²) in [6.07, 6.45) is 0. The second kappa shape index (κ2) is 13.9. The largest absolute Gasteiger partial charge is 0.400 e. The van der Waals surface area contributed by atoms with Crippen LogP contribution in [0.4, 0.5) is 0 Å². The van der Waals surface area contributed by atoms with Crippen LogP contribution < -0.4 is 0 Å². The van der Waals surface area contributed by atoms with E-state index in [1.54, 1.807) is 0 Å². The highest BCUT2D eigenvalue weighted by molar-refractivity contribution is 5.23. The Labute approximate surface area is 198 Å². The van der Waals surface area contributed by atoms with Crippen LogP contribution in [-0.2, 0) is 16.2 Å². The van der Waals surface area contributed by atoms with Crippen LogP contribution in [0.1, 0.15) is 79.0 Å². The number of benzene rings is 3. The van der Waals surface area contributed by atoms with Crippen molar-refractivity contribution in [2.75, 3.05) is 7.11 Å². The molecule has 0 aromatic heterocycles. The van der Waals surface area contributed by atoms with Crippen LogP contribution in [0.2, 0.25) is 0 Å². The number of hydrogen-bond acceptors (Lipinski definition) is 1. The zero-order valence-corrected chi connectivity index (χ0v) is 22.1. The molecule has 0 aliphatic carbocycles. The maximum absolute atomic E-state index is 7.00. The summed E-state index contributed by atoms with van der Waals surface area (Å²) in [6, 6.07) is 31.7. The standard InChI is InChI=1S/3C10H14.CH4O/c3*1-10(2,3)9-7-5-4-6-8-9;1-2/h3*4-8H,1-3H3;2H,1H3. The highest BCUT2D eigenvalue weighted by Gasteiger charge is 2.12. The van der Waals surface area contributed by atoms with E-state index in [2.05, 4.69) is 153 Å². The fraction of sp³-hybridized carbons (Fsp3) is 0.419. The molecule has 0 aliphatic heterocycles. The van der Waals surface area contributed by atoms with Crippen molar-refractivity contribution in [2.24, 2.45) is 0 Å². The summed E-state index contributed by atoms with van der Waals surface area (Å²) in [5, 5.41) is 7.00. The summed E-state index contributed by atoms with van der Waals surface area (Å²) in [5.74, 6) is 0. The van der Waals surface area contributed by atoms with Gasteiger partial charge in [0.05, 0.1) is 0 Å². The third-order valence-electron chi connectivity index (χ3n) is 4.92. The lowest BCUT2D eigenvalue weighted by Crippen LogP contribution is -2.10. The van der Waals surface area contributed by atoms with Gasteiger partial charge in [0.1, 0.15) is 0 Å². The van der Waals surface area contributed by atoms with Gasteiger partial charge in [-0.2, -0.15) is 0 Å². The Bertz CT molecular complexity index is 697. The molecule has 0 unspecified atom stereocenters. The van der Waals surface area contributed by atoms with E-state index >= 15 is 0 Å². The van der Waals surface area contributed by atoms with Crippen LogP contribution in [0.25, 0.3) is 0 Å². The molecule has 1 heteroatoms. The third kappa shape index (κ3) is 12.5. The van der Waals surface area contributed by atoms with Crippen LogP contribution in [0.15, 0.2) is 91.0 Å². The minimum atomic E-state index is 0.293. The normalized spacial score (nSPS) is 11.0. The molecule has 3 rings (SSSR count). The van der Waals surface area contributed by atoms with Crippen molar-refractivity contribution in [2.45, 2.75) is 78.6 Å². The molecule has 0 spiro atoms. The highest BCUT2D eigenvalue weighted by Crippen LogP contribution is 2.22. The molecule has 1 N–H and O–H groups in total. The van der Waals surface area contributed by atoms with Crippen LogP contribution in [-0.4, -0.2) is 12.2 Å². The number of rotatable bonds is 0. The molecule has 3 aromatic carbocycles. The van der Waals surface area contributed by atoms with E-state index in [4.69, 9.17) is 5.11 Å². The van der Waals surface area contributed by atoms with Crippen molar-refractivity contribution in [1.82, 2.24) is 0 Å². The van der Waals surface area contributed by atoms with Crippen molar-refractivity contribution in [3.8, 4) is 0 Å². The minimum absolute atomic E-state index is 0.293. The first-order valence-electron chi connectivity index (χ1n) is 11.4. The molecule has 0 fully saturated rings. The Morgan fingerprint density at radius 3 is 0.594 bits per heavy atom. The minimum Gasteiger partial charge on any atom is -0.400 e. The van der Waals surface area contributed by atoms with Gasteiger partial charge >= 0.3 is 0 Å². The summed E-state index contributed by atoms with van der Waals surface area (Å²) in [7, 11) is 1.00. The summed E-state index contributed by atoms with van der Waals surface area (Å²) >= 11 is 0. The summed E-state index contributed by atoms with van der Waals surface area (Å²) in [5.41, 5.74) is 5.07. The van der Waals surface area contributed by atoms with E-state index in [0.717, 1.165) is 7.11 Å². The molecular weight excluding hydrogens is 388 g/mol. The molecule has 3 aromatic rings. The topological polar surface area (TPSA) is 20.2 Å². The molecule has 0 radical (unpaired) electrons. The Kier molecular flexibility index (Phi) is 12.9. The van der Waals surface area contributed by atoms with Gasteiger partial charge in [0.2, 0.25) is 0 Å². The molecule has 0 saturated carbocycles. The fourth-order valence-electron chi connectivity index (χ4n) is 2.81. The number of aliphatic hydroxyl groups excluding tert-OH is 1. The van der Waals surface area contributed by atoms with Crippen molar-refractivity contribution < 1.29 is 5.11 Å². The van der Waals surface area contributed by atoms with E-state index < -0.39 is 0 Å². The molecule has 1 nitrogen and oxygen atoms in total. The van der Waals surface area contributed by atoms with Gasteiger partial charge in [-0.3, -0.25) is 0 Å². The van der Waals surface area contributed by atoms with E-state index in [-0.39, 0.29) is 0 Å². The average Bonchev–Trinajstić information content (AvgIpc) is 2.76. The molecule has 0 saturated heterocycles. The van der Waals surface area contributed by atoms with Crippen LogP contribution in [0.5, 0.6) is 0 Å². The lowest BCUT2D eigenvalue weighted by atomic mass is 9.87. The Hall–Kier alpha value is -2.38. The lowest BCUT2D eigenvalue weighted by Gasteiger charge is -2.18. The van der Waals surface area contributed by atoms with Crippen molar-refractivity contribution in [1.29, 1.82) is 0 Å². The maximum Gasteiger partial charge on any atom is 0.0319 e. The summed E-state index contributed by atoms with van der Waals surface area (Å²) in [4.78, 5) is 0. The van der Waals surface area contributed by atoms with Crippen LogP contribution in [0, 0.1) is 0 Å². The molecular formula is C31H46O. The van der Waals surface area contributed by atoms with E-state index in [1.165, 1.54) is 16.7 Å². The van der Waals surface area contributed by atoms with Gasteiger partial charge in [0.25, 0.3) is 0 Å². The summed E-state index contributed by atoms with van der Waals surface area (Å²) < 4.78 is 0. The monoisotopic (exact) mass is 434 g/mol. The Morgan fingerprint density at radius 1 is 0.344 bits per heavy atom. The third-order valence-corrected chi connectivity index (χ3v) is 4.92. The van der Waals surface area contributed by atoms with Gasteiger partial charge in [-0.15, -0.1) is 0 Å². The van der Waals surface area contributed by atoms with Gasteiger partial charge in [-0.05, 0) is 32.9 Å².